The lowest BCUT2D eigenvalue weighted by Gasteiger charge is -2.23. The SMILES string of the molecule is CCCOc1c(I)cc(/C=N\N2C(=O)c3cccc4cccc(c34)C2=O)cc1OC. The molecule has 1 heterocycles. The van der Waals surface area contributed by atoms with Crippen molar-refractivity contribution in [1.82, 2.24) is 5.01 Å². The van der Waals surface area contributed by atoms with Crippen molar-refractivity contribution in [1.29, 1.82) is 0 Å². The molecule has 0 saturated carbocycles. The Hall–Kier alpha value is -2.94. The Morgan fingerprint density at radius 1 is 1.07 bits per heavy atom. The number of methoxy groups -OCH3 is 1. The zero-order chi connectivity index (χ0) is 21.3. The molecule has 0 N–H and O–H groups in total. The van der Waals surface area contributed by atoms with Gasteiger partial charge in [0, 0.05) is 5.39 Å². The smallest absolute Gasteiger partial charge is 0.282 e. The molecule has 6 nitrogen and oxygen atoms in total. The average molecular weight is 514 g/mol. The molecule has 30 heavy (non-hydrogen) atoms. The van der Waals surface area contributed by atoms with Gasteiger partial charge in [0.2, 0.25) is 0 Å². The summed E-state index contributed by atoms with van der Waals surface area (Å²) in [5.41, 5.74) is 1.63. The summed E-state index contributed by atoms with van der Waals surface area (Å²) in [7, 11) is 1.57. The molecule has 0 spiro atoms. The molecular weight excluding hydrogens is 495 g/mol. The van der Waals surface area contributed by atoms with Crippen molar-refractivity contribution in [2.45, 2.75) is 13.3 Å². The summed E-state index contributed by atoms with van der Waals surface area (Å²) in [6.45, 7) is 2.62. The second-order valence-corrected chi connectivity index (χ2v) is 7.92. The summed E-state index contributed by atoms with van der Waals surface area (Å²) in [6.07, 6.45) is 2.37. The monoisotopic (exact) mass is 514 g/mol. The van der Waals surface area contributed by atoms with Gasteiger partial charge in [0.15, 0.2) is 11.5 Å². The van der Waals surface area contributed by atoms with E-state index in [1.54, 1.807) is 37.4 Å². The molecule has 4 rings (SSSR count). The second kappa shape index (κ2) is 8.43. The first-order valence-electron chi connectivity index (χ1n) is 9.50. The van der Waals surface area contributed by atoms with E-state index in [-0.39, 0.29) is 0 Å². The highest BCUT2D eigenvalue weighted by molar-refractivity contribution is 14.1. The third kappa shape index (κ3) is 3.54. The number of hydrazone groups is 1. The quantitative estimate of drug-likeness (QED) is 0.268. The third-order valence-corrected chi connectivity index (χ3v) is 5.58. The summed E-state index contributed by atoms with van der Waals surface area (Å²) in [4.78, 5) is 25.9. The maximum atomic E-state index is 12.9. The van der Waals surface area contributed by atoms with E-state index < -0.39 is 11.8 Å². The van der Waals surface area contributed by atoms with E-state index in [2.05, 4.69) is 27.7 Å². The molecule has 0 bridgehead atoms. The van der Waals surface area contributed by atoms with E-state index in [9.17, 15) is 9.59 Å². The van der Waals surface area contributed by atoms with Gasteiger partial charge in [-0.25, -0.2) is 0 Å². The Labute approximate surface area is 187 Å². The highest BCUT2D eigenvalue weighted by Gasteiger charge is 2.32. The molecular formula is C23H19IN2O4. The summed E-state index contributed by atoms with van der Waals surface area (Å²) in [6, 6.07) is 14.5. The maximum Gasteiger partial charge on any atom is 0.282 e. The topological polar surface area (TPSA) is 68.2 Å². The number of amides is 2. The predicted molar refractivity (Wildman–Crippen MR) is 124 cm³/mol. The molecule has 3 aromatic carbocycles. The lowest BCUT2D eigenvalue weighted by Crippen LogP contribution is -2.36. The number of carbonyl (C=O) groups is 2. The van der Waals surface area contributed by atoms with E-state index >= 15 is 0 Å². The van der Waals surface area contributed by atoms with Crippen molar-refractivity contribution in [2.75, 3.05) is 13.7 Å². The molecule has 0 saturated heterocycles. The molecule has 0 atom stereocenters. The highest BCUT2D eigenvalue weighted by Crippen LogP contribution is 2.34. The second-order valence-electron chi connectivity index (χ2n) is 6.76. The van der Waals surface area contributed by atoms with E-state index in [4.69, 9.17) is 9.47 Å². The van der Waals surface area contributed by atoms with Crippen LogP contribution in [0.5, 0.6) is 11.5 Å². The number of hydrogen-bond acceptors (Lipinski definition) is 5. The van der Waals surface area contributed by atoms with Crippen LogP contribution < -0.4 is 9.47 Å². The number of rotatable bonds is 6. The fourth-order valence-electron chi connectivity index (χ4n) is 3.41. The zero-order valence-electron chi connectivity index (χ0n) is 16.5. The van der Waals surface area contributed by atoms with Crippen molar-refractivity contribution in [3.8, 4) is 11.5 Å². The van der Waals surface area contributed by atoms with Crippen LogP contribution in [0.15, 0.2) is 53.6 Å². The Bertz CT molecular complexity index is 1140. The predicted octanol–water partition coefficient (Wildman–Crippen LogP) is 4.87. The van der Waals surface area contributed by atoms with Crippen LogP contribution in [0, 0.1) is 3.57 Å². The van der Waals surface area contributed by atoms with Crippen LogP contribution in [0.3, 0.4) is 0 Å². The Morgan fingerprint density at radius 2 is 1.73 bits per heavy atom. The molecule has 0 aromatic heterocycles. The fourth-order valence-corrected chi connectivity index (χ4v) is 4.19. The lowest BCUT2D eigenvalue weighted by molar-refractivity contribution is 0.0616. The van der Waals surface area contributed by atoms with E-state index in [0.717, 1.165) is 20.4 Å². The van der Waals surface area contributed by atoms with Crippen LogP contribution in [-0.2, 0) is 0 Å². The molecule has 152 valence electrons. The van der Waals surface area contributed by atoms with Crippen LogP contribution in [0.2, 0.25) is 0 Å². The normalized spacial score (nSPS) is 13.4. The van der Waals surface area contributed by atoms with Gasteiger partial charge < -0.3 is 9.47 Å². The standard InChI is InChI=1S/C23H19IN2O4/c1-3-10-30-21-18(24)11-14(12-19(21)29-2)13-25-26-22(27)16-8-4-6-15-7-5-9-17(20(15)16)23(26)28/h4-9,11-13H,3,10H2,1-2H3/b25-13-. The number of ether oxygens (including phenoxy) is 2. The minimum absolute atomic E-state index is 0.440. The number of halogens is 1. The first-order chi connectivity index (χ1) is 14.5. The lowest BCUT2D eigenvalue weighted by atomic mass is 9.95. The third-order valence-electron chi connectivity index (χ3n) is 4.77. The molecule has 7 heteroatoms. The molecule has 2 amide bonds. The maximum absolute atomic E-state index is 12.9. The number of carbonyl (C=O) groups excluding carboxylic acids is 2. The van der Waals surface area contributed by atoms with E-state index in [1.807, 2.05) is 25.1 Å². The van der Waals surface area contributed by atoms with Gasteiger partial charge in [0.1, 0.15) is 0 Å². The van der Waals surface area contributed by atoms with Gasteiger partial charge in [-0.15, -0.1) is 0 Å². The van der Waals surface area contributed by atoms with Crippen molar-refractivity contribution in [2.24, 2.45) is 5.10 Å². The Kier molecular flexibility index (Phi) is 5.72. The number of benzene rings is 3. The van der Waals surface area contributed by atoms with Gasteiger partial charge in [-0.3, -0.25) is 9.59 Å². The molecule has 0 unspecified atom stereocenters. The van der Waals surface area contributed by atoms with Gasteiger partial charge in [0.25, 0.3) is 11.8 Å². The van der Waals surface area contributed by atoms with E-state index in [0.29, 0.717) is 40.2 Å². The zero-order valence-corrected chi connectivity index (χ0v) is 18.7. The van der Waals surface area contributed by atoms with Gasteiger partial charge in [-0.2, -0.15) is 10.1 Å². The van der Waals surface area contributed by atoms with Crippen LogP contribution in [-0.4, -0.2) is 36.8 Å². The summed E-state index contributed by atoms with van der Waals surface area (Å²) in [5.74, 6) is 0.362. The van der Waals surface area contributed by atoms with Crippen molar-refractivity contribution in [3.63, 3.8) is 0 Å². The average Bonchev–Trinajstić information content (AvgIpc) is 2.76. The van der Waals surface area contributed by atoms with Crippen molar-refractivity contribution >= 4 is 51.4 Å². The van der Waals surface area contributed by atoms with Crippen LogP contribution in [0.1, 0.15) is 39.6 Å². The Balaban J connectivity index is 1.69. The van der Waals surface area contributed by atoms with Gasteiger partial charge >= 0.3 is 0 Å². The molecule has 0 radical (unpaired) electrons. The molecule has 0 aliphatic carbocycles. The summed E-state index contributed by atoms with van der Waals surface area (Å²) < 4.78 is 12.1. The highest BCUT2D eigenvalue weighted by atomic mass is 127. The summed E-state index contributed by atoms with van der Waals surface area (Å²) in [5, 5.41) is 6.67. The molecule has 1 aliphatic heterocycles. The Morgan fingerprint density at radius 3 is 2.33 bits per heavy atom. The molecule has 0 fully saturated rings. The van der Waals surface area contributed by atoms with Crippen molar-refractivity contribution in [3.05, 3.63) is 68.8 Å². The van der Waals surface area contributed by atoms with Crippen LogP contribution in [0.25, 0.3) is 10.8 Å². The van der Waals surface area contributed by atoms with Gasteiger partial charge in [-0.05, 0) is 64.2 Å². The molecule has 3 aromatic rings. The summed E-state index contributed by atoms with van der Waals surface area (Å²) >= 11 is 2.17. The van der Waals surface area contributed by atoms with Crippen LogP contribution >= 0.6 is 22.6 Å². The number of nitrogens with zero attached hydrogens (tertiary/aromatic N) is 2. The van der Waals surface area contributed by atoms with Crippen LogP contribution in [0.4, 0.5) is 0 Å². The minimum Gasteiger partial charge on any atom is -0.493 e. The fraction of sp³-hybridized carbons (Fsp3) is 0.174. The van der Waals surface area contributed by atoms with Gasteiger partial charge in [0.05, 0.1) is 34.6 Å². The van der Waals surface area contributed by atoms with Gasteiger partial charge in [-0.1, -0.05) is 31.2 Å². The number of hydrogen-bond donors (Lipinski definition) is 0. The largest absolute Gasteiger partial charge is 0.493 e. The van der Waals surface area contributed by atoms with Crippen molar-refractivity contribution < 1.29 is 19.1 Å². The first-order valence-corrected chi connectivity index (χ1v) is 10.6. The minimum atomic E-state index is -0.440. The molecule has 1 aliphatic rings. The van der Waals surface area contributed by atoms with E-state index in [1.165, 1.54) is 6.21 Å². The first kappa shape index (κ1) is 20.3. The number of imide groups is 1.